The maximum atomic E-state index is 2.44. The number of rotatable bonds is 0. The van der Waals surface area contributed by atoms with Gasteiger partial charge in [-0.3, -0.25) is 0 Å². The Kier molecular flexibility index (Phi) is 2.73. The lowest BCUT2D eigenvalue weighted by Gasteiger charge is -2.23. The third-order valence-electron chi connectivity index (χ3n) is 1.73. The minimum absolute atomic E-state index is 0.498. The van der Waals surface area contributed by atoms with Crippen molar-refractivity contribution in [1.82, 2.24) is 0 Å². The Hall–Kier alpha value is 0.860. The lowest BCUT2D eigenvalue weighted by atomic mass is 10.9. The number of hydrogen-bond acceptors (Lipinski definition) is 0. The molecule has 0 N–H and O–H groups in total. The summed E-state index contributed by atoms with van der Waals surface area (Å²) >= 11 is 0. The first-order valence-corrected chi connectivity index (χ1v) is 7.48. The maximum absolute atomic E-state index is 2.44. The second kappa shape index (κ2) is 3.14. The van der Waals surface area contributed by atoms with Crippen molar-refractivity contribution in [2.75, 3.05) is 38.0 Å². The highest BCUT2D eigenvalue weighted by Crippen LogP contribution is 2.45. The van der Waals surface area contributed by atoms with Gasteiger partial charge in [0.15, 0.2) is 0 Å². The van der Waals surface area contributed by atoms with Crippen LogP contribution in [-0.2, 0) is 0 Å². The van der Waals surface area contributed by atoms with E-state index in [4.69, 9.17) is 0 Å². The summed E-state index contributed by atoms with van der Waals surface area (Å²) in [6.07, 6.45) is 6.27. The van der Waals surface area contributed by atoms with Crippen LogP contribution in [-0.4, -0.2) is 38.0 Å². The third kappa shape index (κ3) is 2.00. The predicted octanol–water partition coefficient (Wildman–Crippen LogP) is 2.22. The van der Waals surface area contributed by atoms with E-state index in [2.05, 4.69) is 13.3 Å². The molecule has 0 aromatic carbocycles. The molecule has 0 spiro atoms. The molecule has 0 aromatic rings. The zero-order valence-corrected chi connectivity index (χ0v) is 7.51. The molecule has 0 nitrogen and oxygen atoms in total. The van der Waals surface area contributed by atoms with Gasteiger partial charge in [-0.2, -0.15) is 0 Å². The summed E-state index contributed by atoms with van der Waals surface area (Å²) in [5.74, 6) is 0. The van der Waals surface area contributed by atoms with E-state index in [1.165, 1.54) is 0 Å². The molecule has 48 valence electrons. The van der Waals surface area contributed by atoms with E-state index >= 15 is 0 Å². The highest BCUT2D eigenvalue weighted by atomic mass is 31.1. The molecule has 0 atom stereocenters. The number of hydrogen-bond donors (Lipinski definition) is 0. The van der Waals surface area contributed by atoms with Crippen molar-refractivity contribution in [2.24, 2.45) is 0 Å². The van der Waals surface area contributed by atoms with Gasteiger partial charge in [0.1, 0.15) is 0 Å². The van der Waals surface area contributed by atoms with Gasteiger partial charge >= 0.3 is 0 Å². The van der Waals surface area contributed by atoms with Crippen molar-refractivity contribution in [3.63, 3.8) is 0 Å². The molecule has 8 heavy (non-hydrogen) atoms. The lowest BCUT2D eigenvalue weighted by Crippen LogP contribution is -2.05. The van der Waals surface area contributed by atoms with Crippen LogP contribution in [0.25, 0.3) is 0 Å². The fraction of sp³-hybridized carbons (Fsp3) is 1.00. The van der Waals surface area contributed by atoms with Crippen LogP contribution in [0.3, 0.4) is 0 Å². The van der Waals surface area contributed by atoms with E-state index in [0.29, 0.717) is 15.8 Å². The molecule has 0 aromatic heterocycles. The summed E-state index contributed by atoms with van der Waals surface area (Å²) in [4.78, 5) is 0. The van der Waals surface area contributed by atoms with Crippen LogP contribution in [0.5, 0.6) is 0 Å². The average molecular weight is 148 g/mol. The monoisotopic (exact) mass is 148 g/mol. The predicted molar refractivity (Wildman–Crippen MR) is 45.2 cm³/mol. The van der Waals surface area contributed by atoms with Gasteiger partial charge in [0.25, 0.3) is 0 Å². The zero-order chi connectivity index (χ0) is 5.98. The van der Waals surface area contributed by atoms with Crippen molar-refractivity contribution < 1.29 is 0 Å². The summed E-state index contributed by atoms with van der Waals surface area (Å²) in [5.41, 5.74) is 0. The molecule has 1 aliphatic heterocycles. The summed E-state index contributed by atoms with van der Waals surface area (Å²) < 4.78 is 0. The van der Waals surface area contributed by atoms with Crippen LogP contribution in [0.4, 0.5) is 0 Å². The highest BCUT2D eigenvalue weighted by Gasteiger charge is 2.11. The van der Waals surface area contributed by atoms with Crippen LogP contribution in [0, 0.1) is 0 Å². The van der Waals surface area contributed by atoms with Gasteiger partial charge in [-0.05, 0) is 38.0 Å². The summed E-state index contributed by atoms with van der Waals surface area (Å²) in [5, 5.41) is 0. The van der Waals surface area contributed by atoms with Crippen molar-refractivity contribution in [3.8, 4) is 0 Å². The average Bonchev–Trinajstić information content (AvgIpc) is 1.77. The quantitative estimate of drug-likeness (QED) is 0.462. The molecule has 0 aliphatic carbocycles. The lowest BCUT2D eigenvalue weighted by molar-refractivity contribution is 1.34. The van der Waals surface area contributed by atoms with Gasteiger partial charge in [-0.1, -0.05) is 0 Å². The van der Waals surface area contributed by atoms with Gasteiger partial charge in [0.05, 0.1) is 0 Å². The molecule has 0 amide bonds. The second-order valence-corrected chi connectivity index (χ2v) is 7.82. The van der Waals surface area contributed by atoms with Gasteiger partial charge in [-0.25, -0.2) is 0 Å². The molecule has 1 fully saturated rings. The van der Waals surface area contributed by atoms with Gasteiger partial charge in [0.2, 0.25) is 0 Å². The molecule has 0 unspecified atom stereocenters. The van der Waals surface area contributed by atoms with Crippen LogP contribution in [0.1, 0.15) is 0 Å². The molecule has 1 heterocycles. The molecule has 1 saturated heterocycles. The summed E-state index contributed by atoms with van der Waals surface area (Å²) in [6.45, 7) is 4.88. The molecule has 0 saturated carbocycles. The first-order valence-electron chi connectivity index (χ1n) is 3.16. The molecule has 1 aliphatic rings. The first kappa shape index (κ1) is 6.97. The van der Waals surface area contributed by atoms with E-state index < -0.39 is 0 Å². The molecule has 0 radical (unpaired) electrons. The van der Waals surface area contributed by atoms with Crippen molar-refractivity contribution >= 4 is 15.8 Å². The third-order valence-corrected chi connectivity index (χ3v) is 6.38. The standard InChI is InChI=1S/C6H14P2/c1-7-3-5-8(2)6-4-7/h3-6H2,1-2H3. The fourth-order valence-electron chi connectivity index (χ4n) is 0.906. The topological polar surface area (TPSA) is 0 Å². The van der Waals surface area contributed by atoms with Crippen molar-refractivity contribution in [1.29, 1.82) is 0 Å². The minimum atomic E-state index is 0.498. The van der Waals surface area contributed by atoms with Crippen molar-refractivity contribution in [2.45, 2.75) is 0 Å². The van der Waals surface area contributed by atoms with Crippen LogP contribution < -0.4 is 0 Å². The summed E-state index contributed by atoms with van der Waals surface area (Å²) in [7, 11) is 0.996. The minimum Gasteiger partial charge on any atom is -0.109 e. The Morgan fingerprint density at radius 1 is 0.750 bits per heavy atom. The largest absolute Gasteiger partial charge is 0.109 e. The van der Waals surface area contributed by atoms with Gasteiger partial charge in [0, 0.05) is 0 Å². The Bertz CT molecular complexity index is 54.9. The zero-order valence-electron chi connectivity index (χ0n) is 5.72. The first-order chi connectivity index (χ1) is 3.79. The van der Waals surface area contributed by atoms with Crippen molar-refractivity contribution in [3.05, 3.63) is 0 Å². The fourth-order valence-corrected chi connectivity index (χ4v) is 6.82. The van der Waals surface area contributed by atoms with Crippen LogP contribution in [0.2, 0.25) is 0 Å². The van der Waals surface area contributed by atoms with E-state index in [0.717, 1.165) is 0 Å². The van der Waals surface area contributed by atoms with Gasteiger partial charge in [-0.15, -0.1) is 15.8 Å². The van der Waals surface area contributed by atoms with E-state index in [1.54, 1.807) is 24.6 Å². The smallest absolute Gasteiger partial charge is 0.0289 e. The van der Waals surface area contributed by atoms with E-state index in [9.17, 15) is 0 Å². The second-order valence-electron chi connectivity index (χ2n) is 2.61. The molecule has 0 bridgehead atoms. The maximum Gasteiger partial charge on any atom is -0.0289 e. The molecular formula is C6H14P2. The SMILES string of the molecule is CP1CCP(C)CC1. The molecule has 2 heteroatoms. The van der Waals surface area contributed by atoms with Gasteiger partial charge < -0.3 is 0 Å². The molecule has 1 rings (SSSR count). The normalized spacial score (nSPS) is 39.8. The van der Waals surface area contributed by atoms with E-state index in [1.807, 2.05) is 0 Å². The van der Waals surface area contributed by atoms with Crippen LogP contribution in [0.15, 0.2) is 0 Å². The Labute approximate surface area is 54.6 Å². The Morgan fingerprint density at radius 2 is 1.00 bits per heavy atom. The summed E-state index contributed by atoms with van der Waals surface area (Å²) in [6, 6.07) is 0. The Morgan fingerprint density at radius 3 is 1.25 bits per heavy atom. The Balaban J connectivity index is 2.19. The van der Waals surface area contributed by atoms with Crippen LogP contribution >= 0.6 is 15.8 Å². The molecular weight excluding hydrogens is 134 g/mol. The van der Waals surface area contributed by atoms with E-state index in [-0.39, 0.29) is 0 Å². The highest BCUT2D eigenvalue weighted by molar-refractivity contribution is 7.64.